The molecule has 0 spiro atoms. The van der Waals surface area contributed by atoms with Gasteiger partial charge in [0.2, 0.25) is 5.91 Å². The van der Waals surface area contributed by atoms with E-state index < -0.39 is 0 Å². The van der Waals surface area contributed by atoms with E-state index in [1.54, 1.807) is 19.2 Å². The van der Waals surface area contributed by atoms with Crippen LogP contribution >= 0.6 is 0 Å². The molecule has 0 saturated heterocycles. The average Bonchev–Trinajstić information content (AvgIpc) is 2.61. The lowest BCUT2D eigenvalue weighted by Crippen LogP contribution is -2.42. The third kappa shape index (κ3) is 5.06. The maximum atomic E-state index is 12.9. The molecule has 24 heavy (non-hydrogen) atoms. The van der Waals surface area contributed by atoms with E-state index in [1.165, 1.54) is 12.1 Å². The Morgan fingerprint density at radius 1 is 1.12 bits per heavy atom. The Bertz CT molecular complexity index is 656. The predicted octanol–water partition coefficient (Wildman–Crippen LogP) is 2.97. The molecule has 1 atom stereocenters. The minimum Gasteiger partial charge on any atom is -0.497 e. The summed E-state index contributed by atoms with van der Waals surface area (Å²) >= 11 is 0. The van der Waals surface area contributed by atoms with Crippen LogP contribution in [-0.4, -0.2) is 31.0 Å². The largest absolute Gasteiger partial charge is 0.497 e. The molecule has 2 aromatic rings. The molecule has 1 amide bonds. The summed E-state index contributed by atoms with van der Waals surface area (Å²) in [5.74, 6) is 0.486. The molecule has 0 aliphatic heterocycles. The van der Waals surface area contributed by atoms with Crippen molar-refractivity contribution in [2.45, 2.75) is 26.1 Å². The van der Waals surface area contributed by atoms with Gasteiger partial charge in [-0.1, -0.05) is 24.3 Å². The summed E-state index contributed by atoms with van der Waals surface area (Å²) in [7, 11) is 3.50. The van der Waals surface area contributed by atoms with Crippen molar-refractivity contribution in [3.8, 4) is 5.75 Å². The predicted molar refractivity (Wildman–Crippen MR) is 92.2 cm³/mol. The average molecular weight is 330 g/mol. The number of methoxy groups -OCH3 is 1. The Morgan fingerprint density at radius 2 is 1.71 bits per heavy atom. The topological polar surface area (TPSA) is 41.6 Å². The van der Waals surface area contributed by atoms with Gasteiger partial charge in [0.1, 0.15) is 11.6 Å². The fraction of sp³-hybridized carbons (Fsp3) is 0.316. The molecule has 0 aliphatic carbocycles. The van der Waals surface area contributed by atoms with E-state index in [9.17, 15) is 9.18 Å². The van der Waals surface area contributed by atoms with Crippen LogP contribution in [-0.2, 0) is 17.9 Å². The van der Waals surface area contributed by atoms with Gasteiger partial charge in [-0.3, -0.25) is 9.69 Å². The van der Waals surface area contributed by atoms with Crippen LogP contribution in [0.4, 0.5) is 4.39 Å². The second kappa shape index (κ2) is 8.45. The van der Waals surface area contributed by atoms with E-state index in [-0.39, 0.29) is 17.8 Å². The van der Waals surface area contributed by atoms with Gasteiger partial charge in [-0.05, 0) is 49.4 Å². The van der Waals surface area contributed by atoms with Crippen molar-refractivity contribution >= 4 is 5.91 Å². The lowest BCUT2D eigenvalue weighted by Gasteiger charge is -2.24. The molecule has 2 rings (SSSR count). The van der Waals surface area contributed by atoms with Gasteiger partial charge in [-0.2, -0.15) is 0 Å². The first-order valence-corrected chi connectivity index (χ1v) is 7.85. The summed E-state index contributed by atoms with van der Waals surface area (Å²) in [6.45, 7) is 2.90. The molecular formula is C19H23FN2O2. The lowest BCUT2D eigenvalue weighted by molar-refractivity contribution is -0.125. The van der Waals surface area contributed by atoms with Gasteiger partial charge in [0.05, 0.1) is 13.2 Å². The molecule has 0 fully saturated rings. The minimum absolute atomic E-state index is 0.0459. The standard InChI is InChI=1S/C19H23FN2O2/c1-14(22(2)13-16-4-8-17(20)9-5-16)19(23)21-12-15-6-10-18(24-3)11-7-15/h4-11,14H,12-13H2,1-3H3,(H,21,23)/t14-/m1/s1. The first-order valence-electron chi connectivity index (χ1n) is 7.85. The van der Waals surface area contributed by atoms with Crippen LogP contribution in [0, 0.1) is 5.82 Å². The number of hydrogen-bond donors (Lipinski definition) is 1. The maximum Gasteiger partial charge on any atom is 0.237 e. The number of nitrogens with zero attached hydrogens (tertiary/aromatic N) is 1. The number of amides is 1. The monoisotopic (exact) mass is 330 g/mol. The van der Waals surface area contributed by atoms with Gasteiger partial charge in [0.25, 0.3) is 0 Å². The molecule has 128 valence electrons. The maximum absolute atomic E-state index is 12.9. The fourth-order valence-electron chi connectivity index (χ4n) is 2.30. The molecule has 0 saturated carbocycles. The quantitative estimate of drug-likeness (QED) is 0.849. The first kappa shape index (κ1) is 17.9. The van der Waals surface area contributed by atoms with E-state index in [1.807, 2.05) is 43.1 Å². The molecule has 4 nitrogen and oxygen atoms in total. The van der Waals surface area contributed by atoms with Gasteiger partial charge in [-0.15, -0.1) is 0 Å². The number of hydrogen-bond acceptors (Lipinski definition) is 3. The number of benzene rings is 2. The highest BCUT2D eigenvalue weighted by atomic mass is 19.1. The second-order valence-electron chi connectivity index (χ2n) is 5.78. The first-order chi connectivity index (χ1) is 11.5. The second-order valence-corrected chi connectivity index (χ2v) is 5.78. The summed E-state index contributed by atoms with van der Waals surface area (Å²) in [6.07, 6.45) is 0. The molecule has 0 heterocycles. The highest BCUT2D eigenvalue weighted by Crippen LogP contribution is 2.11. The molecule has 0 unspecified atom stereocenters. The van der Waals surface area contributed by atoms with Crippen LogP contribution in [0.25, 0.3) is 0 Å². The van der Waals surface area contributed by atoms with Crippen LogP contribution in [0.15, 0.2) is 48.5 Å². The third-order valence-electron chi connectivity index (χ3n) is 4.01. The van der Waals surface area contributed by atoms with Gasteiger partial charge in [-0.25, -0.2) is 4.39 Å². The summed E-state index contributed by atoms with van der Waals surface area (Å²) in [5, 5.41) is 2.93. The van der Waals surface area contributed by atoms with Crippen molar-refractivity contribution in [3.05, 3.63) is 65.5 Å². The zero-order valence-corrected chi connectivity index (χ0v) is 14.3. The van der Waals surface area contributed by atoms with E-state index >= 15 is 0 Å². The van der Waals surface area contributed by atoms with Gasteiger partial charge < -0.3 is 10.1 Å². The Hall–Kier alpha value is -2.40. The Kier molecular flexibility index (Phi) is 6.32. The van der Waals surface area contributed by atoms with Crippen LogP contribution in [0.1, 0.15) is 18.1 Å². The van der Waals surface area contributed by atoms with Gasteiger partial charge in [0, 0.05) is 13.1 Å². The van der Waals surface area contributed by atoms with Crippen LogP contribution < -0.4 is 10.1 Å². The summed E-state index contributed by atoms with van der Waals surface area (Å²) < 4.78 is 18.0. The zero-order valence-electron chi connectivity index (χ0n) is 14.3. The Labute approximate surface area is 142 Å². The molecule has 0 bridgehead atoms. The number of nitrogens with one attached hydrogen (secondary N) is 1. The molecule has 2 aromatic carbocycles. The highest BCUT2D eigenvalue weighted by Gasteiger charge is 2.17. The molecular weight excluding hydrogens is 307 g/mol. The molecule has 0 radical (unpaired) electrons. The Balaban J connectivity index is 1.84. The summed E-state index contributed by atoms with van der Waals surface area (Å²) in [6, 6.07) is 13.6. The number of carbonyl (C=O) groups is 1. The zero-order chi connectivity index (χ0) is 17.5. The Morgan fingerprint density at radius 3 is 2.29 bits per heavy atom. The number of rotatable bonds is 7. The van der Waals surface area contributed by atoms with Crippen molar-refractivity contribution in [3.63, 3.8) is 0 Å². The van der Waals surface area contributed by atoms with E-state index in [4.69, 9.17) is 4.74 Å². The van der Waals surface area contributed by atoms with Gasteiger partial charge >= 0.3 is 0 Å². The van der Waals surface area contributed by atoms with E-state index in [2.05, 4.69) is 5.32 Å². The third-order valence-corrected chi connectivity index (χ3v) is 4.01. The normalized spacial score (nSPS) is 12.0. The molecule has 5 heteroatoms. The van der Waals surface area contributed by atoms with E-state index in [0.29, 0.717) is 13.1 Å². The molecule has 0 aliphatic rings. The summed E-state index contributed by atoms with van der Waals surface area (Å²) in [4.78, 5) is 14.2. The number of halogens is 1. The lowest BCUT2D eigenvalue weighted by atomic mass is 10.1. The van der Waals surface area contributed by atoms with Crippen molar-refractivity contribution in [1.29, 1.82) is 0 Å². The van der Waals surface area contributed by atoms with Crippen molar-refractivity contribution in [2.24, 2.45) is 0 Å². The number of ether oxygens (including phenoxy) is 1. The van der Waals surface area contributed by atoms with Gasteiger partial charge in [0.15, 0.2) is 0 Å². The van der Waals surface area contributed by atoms with Crippen LogP contribution in [0.3, 0.4) is 0 Å². The van der Waals surface area contributed by atoms with Crippen molar-refractivity contribution < 1.29 is 13.9 Å². The summed E-state index contributed by atoms with van der Waals surface area (Å²) in [5.41, 5.74) is 1.98. The fourth-order valence-corrected chi connectivity index (χ4v) is 2.30. The number of likely N-dealkylation sites (N-methyl/N-ethyl adjacent to an activating group) is 1. The highest BCUT2D eigenvalue weighted by molar-refractivity contribution is 5.81. The minimum atomic E-state index is -0.284. The van der Waals surface area contributed by atoms with E-state index in [0.717, 1.165) is 16.9 Å². The van der Waals surface area contributed by atoms with Crippen molar-refractivity contribution in [2.75, 3.05) is 14.2 Å². The smallest absolute Gasteiger partial charge is 0.237 e. The van der Waals surface area contributed by atoms with Crippen LogP contribution in [0.5, 0.6) is 5.75 Å². The number of carbonyl (C=O) groups excluding carboxylic acids is 1. The van der Waals surface area contributed by atoms with Crippen molar-refractivity contribution in [1.82, 2.24) is 10.2 Å². The molecule has 0 aromatic heterocycles. The SMILES string of the molecule is COc1ccc(CNC(=O)[C@@H](C)N(C)Cc2ccc(F)cc2)cc1. The van der Waals surface area contributed by atoms with Crippen LogP contribution in [0.2, 0.25) is 0 Å². The molecule has 1 N–H and O–H groups in total.